The Hall–Kier alpha value is -4.10. The van der Waals surface area contributed by atoms with E-state index in [2.05, 4.69) is 24.2 Å². The third-order valence-electron chi connectivity index (χ3n) is 4.09. The number of aromatic nitrogens is 3. The van der Waals surface area contributed by atoms with Crippen molar-refractivity contribution in [3.05, 3.63) is 110 Å². The van der Waals surface area contributed by atoms with Crippen LogP contribution in [0.3, 0.4) is 0 Å². The van der Waals surface area contributed by atoms with Crippen LogP contribution >= 0.6 is 0 Å². The topological polar surface area (TPSA) is 62.5 Å². The van der Waals surface area contributed by atoms with E-state index in [-0.39, 0.29) is 0 Å². The van der Waals surface area contributed by atoms with Gasteiger partial charge in [0.25, 0.3) is 0 Å². The van der Waals surface area contributed by atoms with Crippen molar-refractivity contribution in [2.45, 2.75) is 6.42 Å². The zero-order valence-electron chi connectivity index (χ0n) is 16.0. The Kier molecular flexibility index (Phi) is 6.59. The highest BCUT2D eigenvalue weighted by Gasteiger charge is 2.13. The van der Waals surface area contributed by atoms with E-state index in [4.69, 9.17) is 9.97 Å². The second-order valence-corrected chi connectivity index (χ2v) is 6.21. The highest BCUT2D eigenvalue weighted by molar-refractivity contribution is 5.70. The molecule has 0 bridgehead atoms. The number of hydrogen-bond donors (Lipinski definition) is 0. The molecule has 4 nitrogen and oxygen atoms in total. The largest absolute Gasteiger partial charge is 0.209 e. The number of nitrogens with zero attached hydrogens (tertiary/aromatic N) is 4. The molecule has 140 valence electrons. The first-order valence-electron chi connectivity index (χ1n) is 9.15. The van der Waals surface area contributed by atoms with Crippen molar-refractivity contribution in [3.63, 3.8) is 0 Å². The quantitative estimate of drug-likeness (QED) is 0.386. The summed E-state index contributed by atoms with van der Waals surface area (Å²) in [6, 6.07) is 21.6. The first-order chi connectivity index (χ1) is 14.2. The minimum absolute atomic E-state index is 0.343. The third kappa shape index (κ3) is 5.21. The summed E-state index contributed by atoms with van der Waals surface area (Å²) in [6.45, 7) is 7.47. The smallest absolute Gasteiger partial charge is 0.164 e. The highest BCUT2D eigenvalue weighted by atomic mass is 15.0. The Bertz CT molecular complexity index is 1050. The van der Waals surface area contributed by atoms with Crippen molar-refractivity contribution in [2.75, 3.05) is 0 Å². The van der Waals surface area contributed by atoms with Gasteiger partial charge in [-0.3, -0.25) is 0 Å². The van der Waals surface area contributed by atoms with Crippen molar-refractivity contribution in [1.82, 2.24) is 15.0 Å². The maximum absolute atomic E-state index is 9.19. The first kappa shape index (κ1) is 19.7. The van der Waals surface area contributed by atoms with Gasteiger partial charge >= 0.3 is 0 Å². The SMILES string of the molecule is C=C/C=C\CC(=CC(=C)C#N)c1nc(-c2ccccc2)nc(-c2ccccc2)n1. The standard InChI is InChI=1S/C25H20N4/c1-3-4-7-16-22(17-19(2)18-26)25-28-23(20-12-8-5-9-13-20)27-24(29-25)21-14-10-6-11-15-21/h3-15,17H,1-2,16H2/b7-4-,22-17?. The van der Waals surface area contributed by atoms with Crippen LogP contribution in [0.15, 0.2) is 104 Å². The molecule has 0 spiro atoms. The maximum Gasteiger partial charge on any atom is 0.164 e. The molecule has 0 radical (unpaired) electrons. The monoisotopic (exact) mass is 376 g/mol. The van der Waals surface area contributed by atoms with Gasteiger partial charge in [0.05, 0.1) is 6.07 Å². The van der Waals surface area contributed by atoms with Crippen LogP contribution in [0.25, 0.3) is 28.3 Å². The van der Waals surface area contributed by atoms with Gasteiger partial charge in [0.2, 0.25) is 0 Å². The Morgan fingerprint density at radius 2 is 1.45 bits per heavy atom. The van der Waals surface area contributed by atoms with E-state index >= 15 is 0 Å². The molecule has 29 heavy (non-hydrogen) atoms. The van der Waals surface area contributed by atoms with Gasteiger partial charge < -0.3 is 0 Å². The van der Waals surface area contributed by atoms with Crippen molar-refractivity contribution < 1.29 is 0 Å². The number of nitriles is 1. The fraction of sp³-hybridized carbons (Fsp3) is 0.0400. The van der Waals surface area contributed by atoms with Crippen molar-refractivity contribution in [2.24, 2.45) is 0 Å². The van der Waals surface area contributed by atoms with Crippen LogP contribution in [-0.4, -0.2) is 15.0 Å². The summed E-state index contributed by atoms with van der Waals surface area (Å²) in [4.78, 5) is 14.1. The highest BCUT2D eigenvalue weighted by Crippen LogP contribution is 2.24. The average molecular weight is 376 g/mol. The van der Waals surface area contributed by atoms with Crippen LogP contribution in [0, 0.1) is 11.3 Å². The summed E-state index contributed by atoms with van der Waals surface area (Å²) in [5.41, 5.74) is 2.92. The fourth-order valence-corrected chi connectivity index (χ4v) is 2.70. The molecule has 1 aromatic heterocycles. The number of benzene rings is 2. The van der Waals surface area contributed by atoms with Crippen LogP contribution in [0.2, 0.25) is 0 Å². The summed E-state index contributed by atoms with van der Waals surface area (Å²) in [5.74, 6) is 1.68. The van der Waals surface area contributed by atoms with Crippen molar-refractivity contribution in [1.29, 1.82) is 5.26 Å². The molecule has 0 saturated carbocycles. The molecule has 1 heterocycles. The Labute approximate surface area is 170 Å². The van der Waals surface area contributed by atoms with E-state index in [1.54, 1.807) is 12.2 Å². The van der Waals surface area contributed by atoms with E-state index in [0.717, 1.165) is 16.7 Å². The van der Waals surface area contributed by atoms with Crippen molar-refractivity contribution >= 4 is 5.57 Å². The maximum atomic E-state index is 9.19. The van der Waals surface area contributed by atoms with Crippen LogP contribution in [0.1, 0.15) is 12.2 Å². The number of hydrogen-bond acceptors (Lipinski definition) is 4. The number of rotatable bonds is 7. The zero-order chi connectivity index (χ0) is 20.5. The molecule has 0 fully saturated rings. The van der Waals surface area contributed by atoms with Crippen LogP contribution in [0.4, 0.5) is 0 Å². The molecular weight excluding hydrogens is 356 g/mol. The van der Waals surface area contributed by atoms with Gasteiger partial charge in [-0.25, -0.2) is 15.0 Å². The molecule has 0 aliphatic rings. The summed E-state index contributed by atoms with van der Waals surface area (Å²) in [7, 11) is 0. The van der Waals surface area contributed by atoms with Gasteiger partial charge in [-0.2, -0.15) is 5.26 Å². The van der Waals surface area contributed by atoms with Crippen LogP contribution in [0.5, 0.6) is 0 Å². The van der Waals surface area contributed by atoms with E-state index in [1.807, 2.05) is 72.8 Å². The van der Waals surface area contributed by atoms with Gasteiger partial charge in [0.1, 0.15) is 0 Å². The molecule has 3 aromatic rings. The first-order valence-corrected chi connectivity index (χ1v) is 9.15. The molecule has 0 aliphatic carbocycles. The predicted molar refractivity (Wildman–Crippen MR) is 117 cm³/mol. The second-order valence-electron chi connectivity index (χ2n) is 6.21. The molecule has 0 atom stereocenters. The lowest BCUT2D eigenvalue weighted by atomic mass is 10.1. The fourth-order valence-electron chi connectivity index (χ4n) is 2.70. The van der Waals surface area contributed by atoms with Gasteiger partial charge in [0.15, 0.2) is 17.5 Å². The van der Waals surface area contributed by atoms with Crippen LogP contribution < -0.4 is 0 Å². The van der Waals surface area contributed by atoms with Gasteiger partial charge in [-0.05, 0) is 12.5 Å². The summed E-state index contributed by atoms with van der Waals surface area (Å²) >= 11 is 0. The van der Waals surface area contributed by atoms with Gasteiger partial charge in [-0.15, -0.1) is 0 Å². The lowest BCUT2D eigenvalue weighted by Crippen LogP contribution is -2.03. The third-order valence-corrected chi connectivity index (χ3v) is 4.09. The summed E-state index contributed by atoms with van der Waals surface area (Å²) in [5, 5.41) is 9.19. The molecule has 2 aromatic carbocycles. The summed E-state index contributed by atoms with van der Waals surface area (Å²) < 4.78 is 0. The molecule has 0 unspecified atom stereocenters. The second kappa shape index (κ2) is 9.72. The lowest BCUT2D eigenvalue weighted by molar-refractivity contribution is 1.02. The number of allylic oxidation sites excluding steroid dienone is 6. The average Bonchev–Trinajstić information content (AvgIpc) is 2.79. The van der Waals surface area contributed by atoms with E-state index in [9.17, 15) is 5.26 Å². The van der Waals surface area contributed by atoms with Gasteiger partial charge in [0, 0.05) is 22.3 Å². The molecule has 0 amide bonds. The normalized spacial score (nSPS) is 11.2. The molecule has 3 rings (SSSR count). The molecule has 4 heteroatoms. The molecule has 0 N–H and O–H groups in total. The van der Waals surface area contributed by atoms with Gasteiger partial charge in [-0.1, -0.05) is 92.0 Å². The van der Waals surface area contributed by atoms with E-state index < -0.39 is 0 Å². The van der Waals surface area contributed by atoms with Crippen molar-refractivity contribution in [3.8, 4) is 28.8 Å². The minimum atomic E-state index is 0.343. The molecular formula is C25H20N4. The summed E-state index contributed by atoms with van der Waals surface area (Å²) in [6.07, 6.45) is 7.75. The zero-order valence-corrected chi connectivity index (χ0v) is 16.0. The lowest BCUT2D eigenvalue weighted by Gasteiger charge is -2.10. The Morgan fingerprint density at radius 1 is 0.897 bits per heavy atom. The molecule has 0 saturated heterocycles. The minimum Gasteiger partial charge on any atom is -0.209 e. The van der Waals surface area contributed by atoms with E-state index in [0.29, 0.717) is 29.5 Å². The Balaban J connectivity index is 2.18. The molecule has 0 aliphatic heterocycles. The predicted octanol–water partition coefficient (Wildman–Crippen LogP) is 5.80. The van der Waals surface area contributed by atoms with Crippen LogP contribution in [-0.2, 0) is 0 Å². The Morgan fingerprint density at radius 3 is 1.93 bits per heavy atom. The van der Waals surface area contributed by atoms with E-state index in [1.165, 1.54) is 0 Å².